The van der Waals surface area contributed by atoms with Gasteiger partial charge < -0.3 is 18.6 Å². The van der Waals surface area contributed by atoms with Crippen LogP contribution in [0.4, 0.5) is 0 Å². The molecular weight excluding hydrogens is 434 g/mol. The first-order chi connectivity index (χ1) is 15.5. The quantitative estimate of drug-likeness (QED) is 0.530. The van der Waals surface area contributed by atoms with E-state index in [1.807, 2.05) is 24.3 Å². The van der Waals surface area contributed by atoms with Gasteiger partial charge in [0, 0.05) is 30.6 Å². The minimum atomic E-state index is -3.65. The standard InChI is InChI=1S/C22H25N3O6S/c1-28-17-6-4-15(5-7-17)21-23-24-22(31-21)16-10-12-25(13-11-16)32(26,27)18-8-9-19(29-2)20(14-18)30-3/h4-9,14,16H,10-13H2,1-3H3. The zero-order chi connectivity index (χ0) is 22.7. The van der Waals surface area contributed by atoms with Crippen LogP contribution in [-0.4, -0.2) is 57.3 Å². The van der Waals surface area contributed by atoms with Crippen molar-refractivity contribution in [3.63, 3.8) is 0 Å². The summed E-state index contributed by atoms with van der Waals surface area (Å²) in [5.41, 5.74) is 0.804. The van der Waals surface area contributed by atoms with Crippen LogP contribution < -0.4 is 14.2 Å². The van der Waals surface area contributed by atoms with Crippen molar-refractivity contribution >= 4 is 10.0 Å². The van der Waals surface area contributed by atoms with Crippen molar-refractivity contribution < 1.29 is 27.0 Å². The van der Waals surface area contributed by atoms with Crippen LogP contribution in [0.25, 0.3) is 11.5 Å². The lowest BCUT2D eigenvalue weighted by Gasteiger charge is -2.29. The van der Waals surface area contributed by atoms with Crippen LogP contribution in [0.3, 0.4) is 0 Å². The van der Waals surface area contributed by atoms with Gasteiger partial charge in [-0.1, -0.05) is 0 Å². The summed E-state index contributed by atoms with van der Waals surface area (Å²) in [6, 6.07) is 12.0. The summed E-state index contributed by atoms with van der Waals surface area (Å²) < 4.78 is 49.2. The zero-order valence-corrected chi connectivity index (χ0v) is 19.0. The molecule has 2 heterocycles. The van der Waals surface area contributed by atoms with Crippen LogP contribution in [0, 0.1) is 0 Å². The van der Waals surface area contributed by atoms with Crippen LogP contribution in [0.1, 0.15) is 24.7 Å². The fourth-order valence-corrected chi connectivity index (χ4v) is 5.20. The molecule has 0 saturated carbocycles. The van der Waals surface area contributed by atoms with Gasteiger partial charge >= 0.3 is 0 Å². The molecule has 0 bridgehead atoms. The van der Waals surface area contributed by atoms with Gasteiger partial charge in [-0.2, -0.15) is 4.31 Å². The second-order valence-corrected chi connectivity index (χ2v) is 9.31. The number of sulfonamides is 1. The van der Waals surface area contributed by atoms with E-state index in [1.54, 1.807) is 13.2 Å². The van der Waals surface area contributed by atoms with Crippen LogP contribution >= 0.6 is 0 Å². The Balaban J connectivity index is 1.44. The van der Waals surface area contributed by atoms with Crippen molar-refractivity contribution in [2.24, 2.45) is 0 Å². The number of piperidine rings is 1. The molecule has 1 aromatic heterocycles. The summed E-state index contributed by atoms with van der Waals surface area (Å²) in [5, 5.41) is 8.35. The monoisotopic (exact) mass is 459 g/mol. The first kappa shape index (κ1) is 22.1. The Morgan fingerprint density at radius 3 is 2.22 bits per heavy atom. The second kappa shape index (κ2) is 9.17. The van der Waals surface area contributed by atoms with Crippen LogP contribution in [0.5, 0.6) is 17.2 Å². The van der Waals surface area contributed by atoms with Crippen molar-refractivity contribution in [1.82, 2.24) is 14.5 Å². The van der Waals surface area contributed by atoms with E-state index < -0.39 is 10.0 Å². The SMILES string of the molecule is COc1ccc(-c2nnc(C3CCN(S(=O)(=O)c4ccc(OC)c(OC)c4)CC3)o2)cc1. The van der Waals surface area contributed by atoms with Crippen molar-refractivity contribution in [2.45, 2.75) is 23.7 Å². The van der Waals surface area contributed by atoms with Gasteiger partial charge in [-0.05, 0) is 49.2 Å². The highest BCUT2D eigenvalue weighted by molar-refractivity contribution is 7.89. The Hall–Kier alpha value is -3.11. The summed E-state index contributed by atoms with van der Waals surface area (Å²) in [5.74, 6) is 2.57. The molecule has 0 unspecified atom stereocenters. The topological polar surface area (TPSA) is 104 Å². The van der Waals surface area contributed by atoms with E-state index in [2.05, 4.69) is 10.2 Å². The fourth-order valence-electron chi connectivity index (χ4n) is 3.72. The first-order valence-electron chi connectivity index (χ1n) is 10.2. The number of benzene rings is 2. The Morgan fingerprint density at radius 2 is 1.59 bits per heavy atom. The summed E-state index contributed by atoms with van der Waals surface area (Å²) in [7, 11) is 0.943. The lowest BCUT2D eigenvalue weighted by molar-refractivity contribution is 0.291. The largest absolute Gasteiger partial charge is 0.497 e. The number of nitrogens with zero attached hydrogens (tertiary/aromatic N) is 3. The molecule has 1 aliphatic heterocycles. The molecule has 10 heteroatoms. The molecule has 9 nitrogen and oxygen atoms in total. The average Bonchev–Trinajstić information content (AvgIpc) is 3.34. The predicted octanol–water partition coefficient (Wildman–Crippen LogP) is 3.33. The summed E-state index contributed by atoms with van der Waals surface area (Å²) in [6.07, 6.45) is 1.19. The lowest BCUT2D eigenvalue weighted by Crippen LogP contribution is -2.38. The number of methoxy groups -OCH3 is 3. The van der Waals surface area contributed by atoms with Crippen molar-refractivity contribution in [1.29, 1.82) is 0 Å². The summed E-state index contributed by atoms with van der Waals surface area (Å²) >= 11 is 0. The summed E-state index contributed by atoms with van der Waals surface area (Å²) in [4.78, 5) is 0.174. The van der Waals surface area contributed by atoms with Crippen molar-refractivity contribution in [3.8, 4) is 28.7 Å². The second-order valence-electron chi connectivity index (χ2n) is 7.37. The number of rotatable bonds is 7. The van der Waals surface area contributed by atoms with E-state index in [0.29, 0.717) is 49.2 Å². The molecule has 1 saturated heterocycles. The number of ether oxygens (including phenoxy) is 3. The molecule has 0 atom stereocenters. The number of hydrogen-bond acceptors (Lipinski definition) is 8. The highest BCUT2D eigenvalue weighted by atomic mass is 32.2. The maximum Gasteiger partial charge on any atom is 0.247 e. The highest BCUT2D eigenvalue weighted by Gasteiger charge is 2.32. The third kappa shape index (κ3) is 4.28. The Kier molecular flexibility index (Phi) is 6.33. The average molecular weight is 460 g/mol. The molecule has 170 valence electrons. The number of hydrogen-bond donors (Lipinski definition) is 0. The molecule has 4 rings (SSSR count). The molecule has 1 fully saturated rings. The normalized spacial score (nSPS) is 15.5. The summed E-state index contributed by atoms with van der Waals surface area (Å²) in [6.45, 7) is 0.725. The van der Waals surface area contributed by atoms with E-state index in [9.17, 15) is 8.42 Å². The minimum absolute atomic E-state index is 0.00588. The Morgan fingerprint density at radius 1 is 0.906 bits per heavy atom. The van der Waals surface area contributed by atoms with Crippen LogP contribution in [0.2, 0.25) is 0 Å². The van der Waals surface area contributed by atoms with E-state index in [4.69, 9.17) is 18.6 Å². The lowest BCUT2D eigenvalue weighted by atomic mass is 9.98. The molecule has 0 amide bonds. The molecular formula is C22H25N3O6S. The Bertz CT molecular complexity index is 1170. The van der Waals surface area contributed by atoms with Crippen molar-refractivity contribution in [2.75, 3.05) is 34.4 Å². The van der Waals surface area contributed by atoms with E-state index >= 15 is 0 Å². The molecule has 0 radical (unpaired) electrons. The van der Waals surface area contributed by atoms with Crippen LogP contribution in [0.15, 0.2) is 51.8 Å². The molecule has 3 aromatic rings. The fraction of sp³-hybridized carbons (Fsp3) is 0.364. The molecule has 0 aliphatic carbocycles. The minimum Gasteiger partial charge on any atom is -0.497 e. The predicted molar refractivity (Wildman–Crippen MR) is 117 cm³/mol. The highest BCUT2D eigenvalue weighted by Crippen LogP contribution is 2.34. The molecule has 0 spiro atoms. The van der Waals surface area contributed by atoms with Crippen molar-refractivity contribution in [3.05, 3.63) is 48.4 Å². The van der Waals surface area contributed by atoms with E-state index in [0.717, 1.165) is 11.3 Å². The van der Waals surface area contributed by atoms with Gasteiger partial charge in [0.1, 0.15) is 5.75 Å². The van der Waals surface area contributed by atoms with Gasteiger partial charge in [0.15, 0.2) is 11.5 Å². The smallest absolute Gasteiger partial charge is 0.247 e. The maximum absolute atomic E-state index is 13.1. The molecule has 0 N–H and O–H groups in total. The van der Waals surface area contributed by atoms with Gasteiger partial charge in [0.05, 0.1) is 26.2 Å². The zero-order valence-electron chi connectivity index (χ0n) is 18.1. The molecule has 32 heavy (non-hydrogen) atoms. The maximum atomic E-state index is 13.1. The first-order valence-corrected chi connectivity index (χ1v) is 11.6. The third-order valence-electron chi connectivity index (χ3n) is 5.57. The van der Waals surface area contributed by atoms with Gasteiger partial charge in [0.25, 0.3) is 0 Å². The van der Waals surface area contributed by atoms with Gasteiger partial charge in [0.2, 0.25) is 21.8 Å². The molecule has 2 aromatic carbocycles. The van der Waals surface area contributed by atoms with Gasteiger partial charge in [-0.25, -0.2) is 8.42 Å². The Labute approximate surface area is 187 Å². The number of aromatic nitrogens is 2. The molecule has 1 aliphatic rings. The van der Waals surface area contributed by atoms with Crippen LogP contribution in [-0.2, 0) is 10.0 Å². The third-order valence-corrected chi connectivity index (χ3v) is 7.47. The van der Waals surface area contributed by atoms with Gasteiger partial charge in [-0.15, -0.1) is 10.2 Å². The van der Waals surface area contributed by atoms with Gasteiger partial charge in [-0.3, -0.25) is 0 Å². The van der Waals surface area contributed by atoms with E-state index in [-0.39, 0.29) is 10.8 Å². The van der Waals surface area contributed by atoms with E-state index in [1.165, 1.54) is 30.7 Å².